The average Bonchev–Trinajstić information content (AvgIpc) is 3.23. The van der Waals surface area contributed by atoms with Crippen LogP contribution in [0.1, 0.15) is 24.0 Å². The summed E-state index contributed by atoms with van der Waals surface area (Å²) in [6.07, 6.45) is 0.998. The molecule has 1 amide bonds. The van der Waals surface area contributed by atoms with E-state index in [-0.39, 0.29) is 29.5 Å². The van der Waals surface area contributed by atoms with E-state index in [0.29, 0.717) is 18.4 Å². The Morgan fingerprint density at radius 3 is 2.55 bits per heavy atom. The van der Waals surface area contributed by atoms with E-state index in [9.17, 15) is 22.0 Å². The topological polar surface area (TPSA) is 84.9 Å². The van der Waals surface area contributed by atoms with Crippen molar-refractivity contribution in [2.24, 2.45) is 0 Å². The van der Waals surface area contributed by atoms with Crippen LogP contribution in [-0.4, -0.2) is 44.9 Å². The van der Waals surface area contributed by atoms with Crippen LogP contribution in [0, 0.1) is 6.92 Å². The third-order valence-corrected chi connectivity index (χ3v) is 6.97. The van der Waals surface area contributed by atoms with Crippen molar-refractivity contribution < 1.29 is 31.5 Å². The standard InChI is InChI=1S/C21H24F2N2O5S/c1-14-5-8-16(9-6-14)31(27,28)25-11-3-4-17(25)20(26)24-13-15-7-10-18(30-21(22)23)19(12-15)29-2/h5-10,12,17,21H,3-4,11,13H2,1-2H3,(H,24,26)/t17-/m0/s1. The Morgan fingerprint density at radius 1 is 1.19 bits per heavy atom. The van der Waals surface area contributed by atoms with Gasteiger partial charge in [-0.3, -0.25) is 4.79 Å². The van der Waals surface area contributed by atoms with E-state index in [1.54, 1.807) is 12.1 Å². The summed E-state index contributed by atoms with van der Waals surface area (Å²) in [6.45, 7) is -0.770. The molecule has 7 nitrogen and oxygen atoms in total. The van der Waals surface area contributed by atoms with Gasteiger partial charge in [-0.2, -0.15) is 13.1 Å². The monoisotopic (exact) mass is 454 g/mol. The maximum absolute atomic E-state index is 13.0. The van der Waals surface area contributed by atoms with Gasteiger partial charge in [-0.1, -0.05) is 23.8 Å². The Morgan fingerprint density at radius 2 is 1.90 bits per heavy atom. The molecule has 0 aliphatic carbocycles. The first-order valence-corrected chi connectivity index (χ1v) is 11.1. The van der Waals surface area contributed by atoms with E-state index in [1.165, 1.54) is 41.7 Å². The molecule has 1 N–H and O–H groups in total. The minimum Gasteiger partial charge on any atom is -0.493 e. The van der Waals surface area contributed by atoms with E-state index in [2.05, 4.69) is 10.1 Å². The first-order valence-electron chi connectivity index (χ1n) is 9.70. The number of ether oxygens (including phenoxy) is 2. The maximum atomic E-state index is 13.0. The Labute approximate surface area is 180 Å². The van der Waals surface area contributed by atoms with E-state index in [1.807, 2.05) is 6.92 Å². The Bertz CT molecular complexity index is 1030. The molecule has 3 rings (SSSR count). The van der Waals surface area contributed by atoms with Gasteiger partial charge in [0, 0.05) is 13.1 Å². The fourth-order valence-electron chi connectivity index (χ4n) is 3.46. The Hall–Kier alpha value is -2.72. The lowest BCUT2D eigenvalue weighted by Gasteiger charge is -2.23. The number of aryl methyl sites for hydroxylation is 1. The number of rotatable bonds is 8. The number of hydrogen-bond donors (Lipinski definition) is 1. The second kappa shape index (κ2) is 9.61. The van der Waals surface area contributed by atoms with E-state index < -0.39 is 28.6 Å². The summed E-state index contributed by atoms with van der Waals surface area (Å²) in [5.41, 5.74) is 1.54. The molecule has 0 saturated carbocycles. The Balaban J connectivity index is 1.69. The molecular formula is C21H24F2N2O5S. The van der Waals surface area contributed by atoms with Crippen LogP contribution in [0.15, 0.2) is 47.4 Å². The van der Waals surface area contributed by atoms with Crippen molar-refractivity contribution in [2.45, 2.75) is 43.9 Å². The number of amides is 1. The van der Waals surface area contributed by atoms with Gasteiger partial charge in [0.25, 0.3) is 0 Å². The molecule has 1 atom stereocenters. The number of sulfonamides is 1. The normalized spacial score (nSPS) is 17.0. The molecule has 0 unspecified atom stereocenters. The third kappa shape index (κ3) is 5.31. The van der Waals surface area contributed by atoms with Crippen molar-refractivity contribution in [3.63, 3.8) is 0 Å². The molecule has 1 heterocycles. The van der Waals surface area contributed by atoms with Gasteiger partial charge in [-0.05, 0) is 49.6 Å². The maximum Gasteiger partial charge on any atom is 0.387 e. The average molecular weight is 454 g/mol. The number of carbonyl (C=O) groups excluding carboxylic acids is 1. The molecule has 31 heavy (non-hydrogen) atoms. The van der Waals surface area contributed by atoms with Crippen LogP contribution in [0.5, 0.6) is 11.5 Å². The number of halogens is 2. The second-order valence-corrected chi connectivity index (χ2v) is 9.06. The highest BCUT2D eigenvalue weighted by Crippen LogP contribution is 2.30. The molecule has 1 fully saturated rings. The number of benzene rings is 2. The molecule has 0 radical (unpaired) electrons. The molecule has 0 bridgehead atoms. The number of carbonyl (C=O) groups is 1. The summed E-state index contributed by atoms with van der Waals surface area (Å²) in [4.78, 5) is 12.9. The Kier molecular flexibility index (Phi) is 7.11. The quantitative estimate of drug-likeness (QED) is 0.663. The fourth-order valence-corrected chi connectivity index (χ4v) is 5.11. The van der Waals surface area contributed by atoms with Crippen LogP contribution in [-0.2, 0) is 21.4 Å². The minimum absolute atomic E-state index is 0.0824. The summed E-state index contributed by atoms with van der Waals surface area (Å²) >= 11 is 0. The number of nitrogens with zero attached hydrogens (tertiary/aromatic N) is 1. The summed E-state index contributed by atoms with van der Waals surface area (Å²) in [5.74, 6) is -0.421. The molecule has 2 aromatic rings. The number of methoxy groups -OCH3 is 1. The van der Waals surface area contributed by atoms with Gasteiger partial charge in [0.2, 0.25) is 15.9 Å². The highest BCUT2D eigenvalue weighted by Gasteiger charge is 2.39. The second-order valence-electron chi connectivity index (χ2n) is 7.17. The minimum atomic E-state index is -3.80. The first-order chi connectivity index (χ1) is 14.7. The molecule has 2 aromatic carbocycles. The van der Waals surface area contributed by atoms with E-state index >= 15 is 0 Å². The highest BCUT2D eigenvalue weighted by atomic mass is 32.2. The van der Waals surface area contributed by atoms with Crippen molar-refractivity contribution in [3.8, 4) is 11.5 Å². The molecule has 1 aliphatic heterocycles. The lowest BCUT2D eigenvalue weighted by Crippen LogP contribution is -2.45. The van der Waals surface area contributed by atoms with Gasteiger partial charge >= 0.3 is 6.61 Å². The molecule has 1 saturated heterocycles. The smallest absolute Gasteiger partial charge is 0.387 e. The largest absolute Gasteiger partial charge is 0.493 e. The highest BCUT2D eigenvalue weighted by molar-refractivity contribution is 7.89. The molecule has 0 aromatic heterocycles. The predicted octanol–water partition coefficient (Wildman–Crippen LogP) is 3.07. The summed E-state index contributed by atoms with van der Waals surface area (Å²) in [5, 5.41) is 2.73. The van der Waals surface area contributed by atoms with Crippen molar-refractivity contribution in [1.29, 1.82) is 0 Å². The van der Waals surface area contributed by atoms with Gasteiger partial charge in [-0.25, -0.2) is 8.42 Å². The molecule has 1 aliphatic rings. The van der Waals surface area contributed by atoms with Crippen LogP contribution in [0.4, 0.5) is 8.78 Å². The van der Waals surface area contributed by atoms with E-state index in [4.69, 9.17) is 4.74 Å². The predicted molar refractivity (Wildman–Crippen MR) is 110 cm³/mol. The zero-order valence-corrected chi connectivity index (χ0v) is 18.0. The van der Waals surface area contributed by atoms with Gasteiger partial charge in [0.1, 0.15) is 6.04 Å². The van der Waals surface area contributed by atoms with Crippen LogP contribution in [0.2, 0.25) is 0 Å². The van der Waals surface area contributed by atoms with Crippen LogP contribution >= 0.6 is 0 Å². The summed E-state index contributed by atoms with van der Waals surface area (Å²) in [6, 6.07) is 10.0. The van der Waals surface area contributed by atoms with Gasteiger partial charge < -0.3 is 14.8 Å². The fraction of sp³-hybridized carbons (Fsp3) is 0.381. The zero-order chi connectivity index (χ0) is 22.6. The van der Waals surface area contributed by atoms with Crippen LogP contribution in [0.3, 0.4) is 0 Å². The number of alkyl halides is 2. The zero-order valence-electron chi connectivity index (χ0n) is 17.2. The molecule has 168 valence electrons. The van der Waals surface area contributed by atoms with Gasteiger partial charge in [0.05, 0.1) is 12.0 Å². The summed E-state index contributed by atoms with van der Waals surface area (Å²) in [7, 11) is -2.47. The van der Waals surface area contributed by atoms with Crippen molar-refractivity contribution >= 4 is 15.9 Å². The van der Waals surface area contributed by atoms with Crippen molar-refractivity contribution in [3.05, 3.63) is 53.6 Å². The van der Waals surface area contributed by atoms with Gasteiger partial charge in [0.15, 0.2) is 11.5 Å². The van der Waals surface area contributed by atoms with Crippen LogP contribution < -0.4 is 14.8 Å². The first kappa shape index (κ1) is 23.0. The molecule has 0 spiro atoms. The summed E-state index contributed by atoms with van der Waals surface area (Å²) < 4.78 is 61.6. The number of nitrogens with one attached hydrogen (secondary N) is 1. The van der Waals surface area contributed by atoms with Crippen molar-refractivity contribution in [2.75, 3.05) is 13.7 Å². The van der Waals surface area contributed by atoms with Gasteiger partial charge in [-0.15, -0.1) is 0 Å². The number of hydrogen-bond acceptors (Lipinski definition) is 5. The van der Waals surface area contributed by atoms with Crippen LogP contribution in [0.25, 0.3) is 0 Å². The third-order valence-electron chi connectivity index (χ3n) is 5.04. The SMILES string of the molecule is COc1cc(CNC(=O)[C@@H]2CCCN2S(=O)(=O)c2ccc(C)cc2)ccc1OC(F)F. The lowest BCUT2D eigenvalue weighted by atomic mass is 10.1. The molecular weight excluding hydrogens is 430 g/mol. The lowest BCUT2D eigenvalue weighted by molar-refractivity contribution is -0.124. The van der Waals surface area contributed by atoms with Crippen molar-refractivity contribution in [1.82, 2.24) is 9.62 Å². The van der Waals surface area contributed by atoms with E-state index in [0.717, 1.165) is 5.56 Å². The molecule has 10 heteroatoms.